The van der Waals surface area contributed by atoms with Gasteiger partial charge in [-0.25, -0.2) is 4.98 Å². The highest BCUT2D eigenvalue weighted by Gasteiger charge is 2.14. The largest absolute Gasteiger partial charge is 0.344 e. The quantitative estimate of drug-likeness (QED) is 0.601. The zero-order valence-electron chi connectivity index (χ0n) is 9.53. The van der Waals surface area contributed by atoms with Gasteiger partial charge in [-0.3, -0.25) is 10.1 Å². The number of unbranched alkanes of at least 4 members (excludes halogenated alkanes) is 1. The fourth-order valence-corrected chi connectivity index (χ4v) is 4.09. The molecule has 6 nitrogen and oxygen atoms in total. The summed E-state index contributed by atoms with van der Waals surface area (Å²) in [5.41, 5.74) is 0. The maximum absolute atomic E-state index is 10.5. The van der Waals surface area contributed by atoms with E-state index in [-0.39, 0.29) is 5.00 Å². The van der Waals surface area contributed by atoms with Crippen molar-refractivity contribution in [1.29, 1.82) is 0 Å². The van der Waals surface area contributed by atoms with Gasteiger partial charge in [0.25, 0.3) is 0 Å². The van der Waals surface area contributed by atoms with Gasteiger partial charge in [-0.15, -0.1) is 10.2 Å². The standard InChI is InChI=1S/C9H10N4O2S3/c1-2-3-4-6-11-12-9(16-6)18-8-10-5-7(17-8)13(14)15/h5H,2-4H2,1H3. The van der Waals surface area contributed by atoms with E-state index in [2.05, 4.69) is 22.1 Å². The highest BCUT2D eigenvalue weighted by Crippen LogP contribution is 2.35. The molecular formula is C9H10N4O2S3. The van der Waals surface area contributed by atoms with E-state index in [1.54, 1.807) is 0 Å². The third kappa shape index (κ3) is 3.47. The minimum atomic E-state index is -0.436. The summed E-state index contributed by atoms with van der Waals surface area (Å²) < 4.78 is 1.41. The number of rotatable bonds is 6. The van der Waals surface area contributed by atoms with Gasteiger partial charge >= 0.3 is 5.00 Å². The van der Waals surface area contributed by atoms with Crippen LogP contribution in [0.15, 0.2) is 14.9 Å². The molecule has 2 aromatic rings. The van der Waals surface area contributed by atoms with Crippen molar-refractivity contribution in [3.05, 3.63) is 21.3 Å². The second-order valence-electron chi connectivity index (χ2n) is 3.39. The summed E-state index contributed by atoms with van der Waals surface area (Å²) in [4.78, 5) is 14.1. The van der Waals surface area contributed by atoms with Crippen LogP contribution < -0.4 is 0 Å². The normalized spacial score (nSPS) is 10.7. The molecule has 0 atom stereocenters. The van der Waals surface area contributed by atoms with Crippen LogP contribution >= 0.6 is 34.4 Å². The Bertz CT molecular complexity index is 539. The molecule has 18 heavy (non-hydrogen) atoms. The third-order valence-corrected chi connectivity index (χ3v) is 5.08. The molecule has 2 heterocycles. The van der Waals surface area contributed by atoms with Crippen molar-refractivity contribution in [2.45, 2.75) is 34.9 Å². The number of nitrogens with zero attached hydrogens (tertiary/aromatic N) is 4. The Hall–Kier alpha value is -1.06. The molecule has 0 spiro atoms. The minimum Gasteiger partial charge on any atom is -0.257 e. The highest BCUT2D eigenvalue weighted by molar-refractivity contribution is 8.02. The molecule has 0 radical (unpaired) electrons. The molecule has 0 aromatic carbocycles. The second kappa shape index (κ2) is 6.21. The number of hydrogen-bond acceptors (Lipinski definition) is 8. The van der Waals surface area contributed by atoms with E-state index in [1.807, 2.05) is 0 Å². The first-order valence-corrected chi connectivity index (χ1v) is 7.74. The number of nitro groups is 1. The highest BCUT2D eigenvalue weighted by atomic mass is 32.2. The van der Waals surface area contributed by atoms with Gasteiger partial charge in [0, 0.05) is 6.42 Å². The Labute approximate surface area is 116 Å². The van der Waals surface area contributed by atoms with Crippen molar-refractivity contribution in [3.8, 4) is 0 Å². The summed E-state index contributed by atoms with van der Waals surface area (Å²) in [6.07, 6.45) is 4.43. The van der Waals surface area contributed by atoms with Crippen LogP contribution in [0.3, 0.4) is 0 Å². The summed E-state index contributed by atoms with van der Waals surface area (Å²) in [7, 11) is 0. The van der Waals surface area contributed by atoms with Crippen LogP contribution in [0.1, 0.15) is 24.8 Å². The number of thiazole rings is 1. The van der Waals surface area contributed by atoms with Gasteiger partial charge in [0.15, 0.2) is 8.68 Å². The zero-order chi connectivity index (χ0) is 13.0. The van der Waals surface area contributed by atoms with Gasteiger partial charge in [-0.2, -0.15) is 0 Å². The van der Waals surface area contributed by atoms with Crippen LogP contribution in [0.2, 0.25) is 0 Å². The van der Waals surface area contributed by atoms with Crippen LogP contribution in [0, 0.1) is 10.1 Å². The lowest BCUT2D eigenvalue weighted by Gasteiger charge is -1.89. The van der Waals surface area contributed by atoms with Crippen LogP contribution in [0.5, 0.6) is 0 Å². The fourth-order valence-electron chi connectivity index (χ4n) is 1.16. The Morgan fingerprint density at radius 1 is 1.39 bits per heavy atom. The topological polar surface area (TPSA) is 81.8 Å². The fraction of sp³-hybridized carbons (Fsp3) is 0.444. The van der Waals surface area contributed by atoms with E-state index in [0.29, 0.717) is 4.34 Å². The first-order valence-electron chi connectivity index (χ1n) is 5.29. The minimum absolute atomic E-state index is 0.0493. The molecule has 0 unspecified atom stereocenters. The summed E-state index contributed by atoms with van der Waals surface area (Å²) in [6.45, 7) is 2.13. The smallest absolute Gasteiger partial charge is 0.257 e. The van der Waals surface area contributed by atoms with Crippen molar-refractivity contribution in [2.75, 3.05) is 0 Å². The van der Waals surface area contributed by atoms with Crippen molar-refractivity contribution in [3.63, 3.8) is 0 Å². The van der Waals surface area contributed by atoms with Gasteiger partial charge in [-0.05, 0) is 29.5 Å². The molecule has 0 bridgehead atoms. The molecular weight excluding hydrogens is 292 g/mol. The average Bonchev–Trinajstić information content (AvgIpc) is 2.96. The molecule has 0 N–H and O–H groups in total. The summed E-state index contributed by atoms with van der Waals surface area (Å²) in [5, 5.41) is 19.7. The van der Waals surface area contributed by atoms with Crippen LogP contribution in [0.4, 0.5) is 5.00 Å². The van der Waals surface area contributed by atoms with Gasteiger partial charge < -0.3 is 0 Å². The van der Waals surface area contributed by atoms with Crippen molar-refractivity contribution < 1.29 is 4.92 Å². The predicted octanol–water partition coefficient (Wildman–Crippen LogP) is 3.40. The lowest BCUT2D eigenvalue weighted by Crippen LogP contribution is -1.81. The van der Waals surface area contributed by atoms with E-state index < -0.39 is 4.92 Å². The molecule has 0 saturated carbocycles. The predicted molar refractivity (Wildman–Crippen MR) is 71.4 cm³/mol. The average molecular weight is 302 g/mol. The SMILES string of the molecule is CCCCc1nnc(Sc2ncc([N+](=O)[O-])s2)s1. The van der Waals surface area contributed by atoms with Crippen LogP contribution in [-0.4, -0.2) is 20.1 Å². The van der Waals surface area contributed by atoms with E-state index in [4.69, 9.17) is 0 Å². The van der Waals surface area contributed by atoms with Gasteiger partial charge in [0.2, 0.25) is 0 Å². The maximum Gasteiger partial charge on any atom is 0.344 e. The van der Waals surface area contributed by atoms with Gasteiger partial charge in [0.1, 0.15) is 11.2 Å². The zero-order valence-corrected chi connectivity index (χ0v) is 12.0. The number of aromatic nitrogens is 3. The number of hydrogen-bond donors (Lipinski definition) is 0. The van der Waals surface area contributed by atoms with Gasteiger partial charge in [0.05, 0.1) is 4.92 Å². The first-order chi connectivity index (χ1) is 8.69. The molecule has 0 aliphatic carbocycles. The molecule has 96 valence electrons. The number of aryl methyl sites for hydroxylation is 1. The Morgan fingerprint density at radius 3 is 2.89 bits per heavy atom. The molecule has 2 rings (SSSR count). The van der Waals surface area contributed by atoms with Crippen molar-refractivity contribution >= 4 is 39.4 Å². The Kier molecular flexibility index (Phi) is 4.61. The molecule has 9 heteroatoms. The summed E-state index contributed by atoms with van der Waals surface area (Å²) in [6, 6.07) is 0. The monoisotopic (exact) mass is 302 g/mol. The lowest BCUT2D eigenvalue weighted by molar-refractivity contribution is -0.380. The first kappa shape index (κ1) is 13.4. The molecule has 0 aliphatic heterocycles. The third-order valence-electron chi connectivity index (χ3n) is 2.02. The van der Waals surface area contributed by atoms with E-state index in [9.17, 15) is 10.1 Å². The van der Waals surface area contributed by atoms with E-state index >= 15 is 0 Å². The molecule has 0 aliphatic rings. The van der Waals surface area contributed by atoms with E-state index in [0.717, 1.165) is 39.9 Å². The summed E-state index contributed by atoms with van der Waals surface area (Å²) in [5.74, 6) is 0. The van der Waals surface area contributed by atoms with Crippen LogP contribution in [0.25, 0.3) is 0 Å². The van der Waals surface area contributed by atoms with Crippen molar-refractivity contribution in [2.24, 2.45) is 0 Å². The molecule has 2 aromatic heterocycles. The van der Waals surface area contributed by atoms with Crippen molar-refractivity contribution in [1.82, 2.24) is 15.2 Å². The van der Waals surface area contributed by atoms with Crippen LogP contribution in [-0.2, 0) is 6.42 Å². The lowest BCUT2D eigenvalue weighted by atomic mass is 10.3. The molecule has 0 amide bonds. The second-order valence-corrected chi connectivity index (χ2v) is 6.95. The maximum atomic E-state index is 10.5. The summed E-state index contributed by atoms with van der Waals surface area (Å²) >= 11 is 3.91. The van der Waals surface area contributed by atoms with Gasteiger partial charge in [-0.1, -0.05) is 24.7 Å². The Morgan fingerprint density at radius 2 is 2.22 bits per heavy atom. The molecule has 0 saturated heterocycles. The molecule has 0 fully saturated rings. The van der Waals surface area contributed by atoms with E-state index in [1.165, 1.54) is 29.3 Å². The Balaban J connectivity index is 1.99.